The summed E-state index contributed by atoms with van der Waals surface area (Å²) in [4.78, 5) is 19.7. The van der Waals surface area contributed by atoms with Crippen LogP contribution in [0.2, 0.25) is 0 Å². The first-order valence-corrected chi connectivity index (χ1v) is 7.64. The van der Waals surface area contributed by atoms with Gasteiger partial charge < -0.3 is 15.0 Å². The van der Waals surface area contributed by atoms with E-state index < -0.39 is 5.97 Å². The van der Waals surface area contributed by atoms with Gasteiger partial charge in [-0.05, 0) is 24.4 Å². The number of para-hydroxylation sites is 2. The van der Waals surface area contributed by atoms with Crippen LogP contribution in [-0.2, 0) is 11.3 Å². The number of thiazole rings is 1. The predicted octanol–water partition coefficient (Wildman–Crippen LogP) is 0.376. The van der Waals surface area contributed by atoms with Crippen molar-refractivity contribution in [3.63, 3.8) is 0 Å². The first-order chi connectivity index (χ1) is 10.5. The van der Waals surface area contributed by atoms with Crippen molar-refractivity contribution < 1.29 is 15.0 Å². The molecule has 1 aromatic carbocycles. The Hall–Kier alpha value is -2.32. The van der Waals surface area contributed by atoms with Gasteiger partial charge in [-0.15, -0.1) is 11.3 Å². The van der Waals surface area contributed by atoms with Gasteiger partial charge in [0, 0.05) is 25.0 Å². The first kappa shape index (κ1) is 14.6. The average Bonchev–Trinajstić information content (AvgIpc) is 2.99. The quantitative estimate of drug-likeness (QED) is 0.820. The number of carboxylic acid groups (broad SMARTS) is 1. The fourth-order valence-electron chi connectivity index (χ4n) is 2.02. The van der Waals surface area contributed by atoms with Crippen molar-refractivity contribution in [3.05, 3.63) is 49.6 Å². The molecule has 1 aliphatic rings. The molecule has 0 aliphatic carbocycles. The molecule has 0 unspecified atom stereocenters. The Morgan fingerprint density at radius 3 is 2.59 bits per heavy atom. The number of carboxylic acids is 1. The summed E-state index contributed by atoms with van der Waals surface area (Å²) in [6.07, 6.45) is 1.42. The summed E-state index contributed by atoms with van der Waals surface area (Å²) in [7, 11) is 0. The van der Waals surface area contributed by atoms with E-state index in [2.05, 4.69) is 9.98 Å². The third kappa shape index (κ3) is 2.83. The molecule has 0 fully saturated rings. The van der Waals surface area contributed by atoms with Gasteiger partial charge in [-0.3, -0.25) is 4.57 Å². The first-order valence-electron chi connectivity index (χ1n) is 6.41. The van der Waals surface area contributed by atoms with Crippen molar-refractivity contribution >= 4 is 35.6 Å². The average molecular weight is 332 g/mol. The molecule has 22 heavy (non-hydrogen) atoms. The molecule has 0 spiro atoms. The summed E-state index contributed by atoms with van der Waals surface area (Å²) < 4.78 is 1.76. The van der Waals surface area contributed by atoms with Gasteiger partial charge in [0.2, 0.25) is 5.88 Å². The number of hydrogen-bond acceptors (Lipinski definition) is 7. The molecule has 8 heteroatoms. The third-order valence-corrected chi connectivity index (χ3v) is 4.43. The largest absolute Gasteiger partial charge is 0.550 e. The molecule has 112 valence electrons. The lowest BCUT2D eigenvalue weighted by Crippen LogP contribution is -2.23. The van der Waals surface area contributed by atoms with Crippen molar-refractivity contribution in [1.29, 1.82) is 0 Å². The Kier molecular flexibility index (Phi) is 3.86. The van der Waals surface area contributed by atoms with E-state index in [0.29, 0.717) is 14.7 Å². The number of carbonyl (C=O) groups excluding carboxylic acids is 1. The summed E-state index contributed by atoms with van der Waals surface area (Å²) in [5, 5.41) is 22.2. The minimum absolute atomic E-state index is 0.0706. The summed E-state index contributed by atoms with van der Waals surface area (Å²) in [6.45, 7) is 0.0706. The highest BCUT2D eigenvalue weighted by molar-refractivity contribution is 7.73. The van der Waals surface area contributed by atoms with E-state index >= 15 is 0 Å². The number of hydrogen-bond donors (Lipinski definition) is 1. The lowest BCUT2D eigenvalue weighted by Gasteiger charge is -2.04. The molecule has 1 aliphatic heterocycles. The van der Waals surface area contributed by atoms with E-state index in [0.717, 1.165) is 10.7 Å². The number of rotatable bonds is 4. The Balaban J connectivity index is 1.96. The number of aromatic nitrogens is 1. The molecule has 6 nitrogen and oxygen atoms in total. The van der Waals surface area contributed by atoms with Gasteiger partial charge in [-0.1, -0.05) is 12.1 Å². The van der Waals surface area contributed by atoms with Gasteiger partial charge in [0.25, 0.3) is 0 Å². The van der Waals surface area contributed by atoms with Gasteiger partial charge in [-0.25, -0.2) is 9.98 Å². The highest BCUT2D eigenvalue weighted by Crippen LogP contribution is 2.29. The van der Waals surface area contributed by atoms with Gasteiger partial charge in [0.15, 0.2) is 9.78 Å². The second kappa shape index (κ2) is 5.82. The van der Waals surface area contributed by atoms with E-state index in [4.69, 9.17) is 12.2 Å². The number of benzene rings is 1. The molecular weight excluding hydrogens is 322 g/mol. The number of aliphatic carboxylic acids is 1. The smallest absolute Gasteiger partial charge is 0.210 e. The van der Waals surface area contributed by atoms with E-state index in [-0.39, 0.29) is 18.8 Å². The highest BCUT2D eigenvalue weighted by atomic mass is 32.1. The summed E-state index contributed by atoms with van der Waals surface area (Å²) in [5.41, 5.74) is 0. The molecule has 0 amide bonds. The minimum atomic E-state index is -1.19. The predicted molar refractivity (Wildman–Crippen MR) is 81.2 cm³/mol. The molecule has 1 aromatic heterocycles. The van der Waals surface area contributed by atoms with Crippen LogP contribution >= 0.6 is 23.6 Å². The van der Waals surface area contributed by atoms with Crippen molar-refractivity contribution in [2.75, 3.05) is 0 Å². The van der Waals surface area contributed by atoms with E-state index in [1.54, 1.807) is 6.08 Å². The van der Waals surface area contributed by atoms with E-state index in [1.807, 2.05) is 24.3 Å². The van der Waals surface area contributed by atoms with Crippen LogP contribution in [0.4, 0.5) is 0 Å². The Bertz CT molecular complexity index is 919. The zero-order valence-electron chi connectivity index (χ0n) is 11.2. The summed E-state index contributed by atoms with van der Waals surface area (Å²) in [5.74, 6) is -0.798. The maximum absolute atomic E-state index is 10.5. The van der Waals surface area contributed by atoms with Crippen LogP contribution in [0.1, 0.15) is 11.3 Å². The maximum Gasteiger partial charge on any atom is 0.210 e. The van der Waals surface area contributed by atoms with Crippen molar-refractivity contribution in [3.8, 4) is 5.88 Å². The molecule has 3 rings (SSSR count). The number of aromatic hydroxyl groups is 1. The van der Waals surface area contributed by atoms with Gasteiger partial charge in [0.1, 0.15) is 0 Å². The molecular formula is C14H10N3O3S2-. The molecule has 1 N–H and O–H groups in total. The normalized spacial score (nSPS) is 12.5. The monoisotopic (exact) mass is 332 g/mol. The number of fused-ring (bicyclic) bond motifs is 1. The zero-order valence-corrected chi connectivity index (χ0v) is 12.9. The van der Waals surface area contributed by atoms with Gasteiger partial charge >= 0.3 is 0 Å². The number of nitrogens with zero attached hydrogens (tertiary/aromatic N) is 3. The van der Waals surface area contributed by atoms with Crippen LogP contribution in [0.15, 0.2) is 40.1 Å². The summed E-state index contributed by atoms with van der Waals surface area (Å²) >= 11 is 6.32. The standard InChI is InChI=1S/C14H11N3O3S2/c18-12(19)5-6-17-13(20)10(22-14(17)21)7-11-15-8-3-1-2-4-9(8)16-11/h1-4,7,20H,5-6H2,(H,18,19)/p-1. The highest BCUT2D eigenvalue weighted by Gasteiger charge is 2.12. The maximum atomic E-state index is 10.5. The van der Waals surface area contributed by atoms with Gasteiger partial charge in [0.05, 0.1) is 15.6 Å². The SMILES string of the molecule is O=C([O-])CCn1c(O)c(C=C2N=c3ccccc3=N2)sc1=S. The van der Waals surface area contributed by atoms with Crippen LogP contribution in [0.3, 0.4) is 0 Å². The van der Waals surface area contributed by atoms with Gasteiger partial charge in [-0.2, -0.15) is 0 Å². The summed E-state index contributed by atoms with van der Waals surface area (Å²) in [6, 6.07) is 7.45. The second-order valence-electron chi connectivity index (χ2n) is 4.54. The Labute approximate surface area is 134 Å². The fourth-order valence-corrected chi connectivity index (χ4v) is 3.30. The third-order valence-electron chi connectivity index (χ3n) is 3.05. The van der Waals surface area contributed by atoms with Crippen molar-refractivity contribution in [2.45, 2.75) is 13.0 Å². The molecule has 2 aromatic rings. The lowest BCUT2D eigenvalue weighted by atomic mass is 10.3. The second-order valence-corrected chi connectivity index (χ2v) is 6.22. The van der Waals surface area contributed by atoms with E-state index in [1.165, 1.54) is 15.9 Å². The zero-order chi connectivity index (χ0) is 15.7. The van der Waals surface area contributed by atoms with Crippen LogP contribution in [0, 0.1) is 3.95 Å². The molecule has 2 heterocycles. The van der Waals surface area contributed by atoms with Crippen LogP contribution in [0.5, 0.6) is 5.88 Å². The van der Waals surface area contributed by atoms with Crippen LogP contribution < -0.4 is 15.8 Å². The van der Waals surface area contributed by atoms with Crippen molar-refractivity contribution in [2.24, 2.45) is 9.98 Å². The van der Waals surface area contributed by atoms with E-state index in [9.17, 15) is 15.0 Å². The molecule has 0 saturated carbocycles. The Morgan fingerprint density at radius 1 is 1.36 bits per heavy atom. The molecule has 0 radical (unpaired) electrons. The fraction of sp³-hybridized carbons (Fsp3) is 0.143. The van der Waals surface area contributed by atoms with Crippen LogP contribution in [-0.4, -0.2) is 15.6 Å². The van der Waals surface area contributed by atoms with Crippen molar-refractivity contribution in [1.82, 2.24) is 4.57 Å². The molecule has 0 saturated heterocycles. The topological polar surface area (TPSA) is 90.0 Å². The molecule has 0 atom stereocenters. The number of carbonyl (C=O) groups is 1. The minimum Gasteiger partial charge on any atom is -0.550 e. The molecule has 0 bridgehead atoms. The van der Waals surface area contributed by atoms with Crippen LogP contribution in [0.25, 0.3) is 6.08 Å². The lowest BCUT2D eigenvalue weighted by molar-refractivity contribution is -0.305. The Morgan fingerprint density at radius 2 is 2.00 bits per heavy atom.